The number of nitrogens with zero attached hydrogens (tertiary/aromatic N) is 5. The second kappa shape index (κ2) is 7.09. The monoisotopic (exact) mass is 375 g/mol. The third-order valence-corrected chi connectivity index (χ3v) is 5.18. The number of rotatable bonds is 3. The Hall–Kier alpha value is -3.19. The van der Waals surface area contributed by atoms with Crippen LogP contribution < -0.4 is 14.4 Å². The molecule has 0 amide bonds. The number of benzene rings is 1. The number of likely N-dealkylation sites (N-methyl/N-ethyl adjacent to an activating group) is 1. The highest BCUT2D eigenvalue weighted by Gasteiger charge is 2.21. The zero-order chi connectivity index (χ0) is 18.9. The summed E-state index contributed by atoms with van der Waals surface area (Å²) in [6.07, 6.45) is 5.51. The molecular formula is C21H21N5O2. The van der Waals surface area contributed by atoms with Crippen molar-refractivity contribution in [1.29, 1.82) is 0 Å². The van der Waals surface area contributed by atoms with E-state index in [0.717, 1.165) is 66.0 Å². The maximum atomic E-state index is 5.55. The third kappa shape index (κ3) is 3.14. The lowest BCUT2D eigenvalue weighted by molar-refractivity contribution is 0.174. The van der Waals surface area contributed by atoms with Gasteiger partial charge in [-0.05, 0) is 36.9 Å². The third-order valence-electron chi connectivity index (χ3n) is 5.18. The summed E-state index contributed by atoms with van der Waals surface area (Å²) in [4.78, 5) is 18.5. The second-order valence-corrected chi connectivity index (χ2v) is 7.03. The topological polar surface area (TPSA) is 63.6 Å². The molecule has 0 spiro atoms. The number of fused-ring (bicyclic) bond motifs is 1. The van der Waals surface area contributed by atoms with Crippen molar-refractivity contribution < 1.29 is 9.47 Å². The largest absolute Gasteiger partial charge is 0.454 e. The highest BCUT2D eigenvalue weighted by Crippen LogP contribution is 2.38. The van der Waals surface area contributed by atoms with Crippen LogP contribution in [0, 0.1) is 0 Å². The normalized spacial score (nSPS) is 16.4. The first-order valence-corrected chi connectivity index (χ1v) is 9.39. The van der Waals surface area contributed by atoms with Gasteiger partial charge in [0.2, 0.25) is 12.7 Å². The predicted molar refractivity (Wildman–Crippen MR) is 107 cm³/mol. The molecule has 1 saturated heterocycles. The number of hydrogen-bond acceptors (Lipinski definition) is 7. The van der Waals surface area contributed by atoms with E-state index in [0.29, 0.717) is 0 Å². The highest BCUT2D eigenvalue weighted by molar-refractivity contribution is 5.81. The van der Waals surface area contributed by atoms with Crippen LogP contribution in [-0.4, -0.2) is 59.9 Å². The van der Waals surface area contributed by atoms with Gasteiger partial charge in [-0.1, -0.05) is 6.07 Å². The fourth-order valence-electron chi connectivity index (χ4n) is 3.53. The minimum atomic E-state index is 0.257. The number of aromatic nitrogens is 3. The molecule has 4 heterocycles. The van der Waals surface area contributed by atoms with Gasteiger partial charge in [0.25, 0.3) is 0 Å². The average molecular weight is 375 g/mol. The number of piperazine rings is 1. The van der Waals surface area contributed by atoms with E-state index in [1.54, 1.807) is 6.20 Å². The lowest BCUT2D eigenvalue weighted by Gasteiger charge is -2.32. The molecule has 7 nitrogen and oxygen atoms in total. The summed E-state index contributed by atoms with van der Waals surface area (Å²) in [7, 11) is 2.14. The maximum absolute atomic E-state index is 5.55. The van der Waals surface area contributed by atoms with Crippen LogP contribution in [0.25, 0.3) is 22.4 Å². The minimum absolute atomic E-state index is 0.257. The predicted octanol–water partition coefficient (Wildman–Crippen LogP) is 2.69. The zero-order valence-electron chi connectivity index (χ0n) is 15.7. The van der Waals surface area contributed by atoms with Crippen molar-refractivity contribution in [2.75, 3.05) is 44.9 Å². The number of ether oxygens (including phenoxy) is 2. The lowest BCUT2D eigenvalue weighted by atomic mass is 10.0. The first-order chi connectivity index (χ1) is 13.8. The summed E-state index contributed by atoms with van der Waals surface area (Å²) in [5, 5.41) is 0. The van der Waals surface area contributed by atoms with Crippen LogP contribution in [0.5, 0.6) is 11.5 Å². The Morgan fingerprint density at radius 2 is 1.79 bits per heavy atom. The van der Waals surface area contributed by atoms with Gasteiger partial charge in [0.1, 0.15) is 0 Å². The molecule has 0 bridgehead atoms. The van der Waals surface area contributed by atoms with Crippen molar-refractivity contribution in [3.05, 3.63) is 48.9 Å². The summed E-state index contributed by atoms with van der Waals surface area (Å²) >= 11 is 0. The van der Waals surface area contributed by atoms with Crippen LogP contribution >= 0.6 is 0 Å². The van der Waals surface area contributed by atoms with Crippen molar-refractivity contribution >= 4 is 5.95 Å². The van der Waals surface area contributed by atoms with Gasteiger partial charge in [-0.15, -0.1) is 0 Å². The molecule has 5 rings (SSSR count). The number of hydrogen-bond donors (Lipinski definition) is 0. The van der Waals surface area contributed by atoms with Crippen LogP contribution in [0.1, 0.15) is 0 Å². The van der Waals surface area contributed by atoms with Crippen molar-refractivity contribution in [3.63, 3.8) is 0 Å². The van der Waals surface area contributed by atoms with E-state index in [1.807, 2.05) is 42.7 Å². The maximum Gasteiger partial charge on any atom is 0.231 e. The van der Waals surface area contributed by atoms with Gasteiger partial charge in [0.05, 0.1) is 5.69 Å². The molecule has 1 fully saturated rings. The molecule has 0 unspecified atom stereocenters. The lowest BCUT2D eigenvalue weighted by Crippen LogP contribution is -2.45. The van der Waals surface area contributed by atoms with E-state index in [9.17, 15) is 0 Å². The molecular weight excluding hydrogens is 354 g/mol. The van der Waals surface area contributed by atoms with Gasteiger partial charge in [-0.25, -0.2) is 9.97 Å². The van der Waals surface area contributed by atoms with Crippen molar-refractivity contribution in [2.45, 2.75) is 0 Å². The second-order valence-electron chi connectivity index (χ2n) is 7.03. The summed E-state index contributed by atoms with van der Waals surface area (Å²) in [6, 6.07) is 9.88. The van der Waals surface area contributed by atoms with E-state index in [1.165, 1.54) is 0 Å². The quantitative estimate of drug-likeness (QED) is 0.697. The molecule has 0 saturated carbocycles. The molecule has 0 radical (unpaired) electrons. The molecule has 2 aliphatic heterocycles. The van der Waals surface area contributed by atoms with Gasteiger partial charge >= 0.3 is 0 Å². The van der Waals surface area contributed by atoms with E-state index >= 15 is 0 Å². The smallest absolute Gasteiger partial charge is 0.231 e. The van der Waals surface area contributed by atoms with Crippen LogP contribution in [0.15, 0.2) is 48.9 Å². The summed E-state index contributed by atoms with van der Waals surface area (Å²) in [6.45, 7) is 4.12. The Kier molecular flexibility index (Phi) is 4.29. The van der Waals surface area contributed by atoms with E-state index in [2.05, 4.69) is 26.8 Å². The van der Waals surface area contributed by atoms with Crippen LogP contribution in [0.3, 0.4) is 0 Å². The molecule has 28 heavy (non-hydrogen) atoms. The molecule has 3 aromatic rings. The zero-order valence-corrected chi connectivity index (χ0v) is 15.7. The number of anilines is 1. The van der Waals surface area contributed by atoms with Gasteiger partial charge in [-0.3, -0.25) is 4.98 Å². The van der Waals surface area contributed by atoms with E-state index < -0.39 is 0 Å². The minimum Gasteiger partial charge on any atom is -0.454 e. The van der Waals surface area contributed by atoms with Crippen molar-refractivity contribution in [1.82, 2.24) is 19.9 Å². The Bertz CT molecular complexity index is 987. The Morgan fingerprint density at radius 1 is 0.929 bits per heavy atom. The first-order valence-electron chi connectivity index (χ1n) is 9.39. The van der Waals surface area contributed by atoms with Gasteiger partial charge in [0, 0.05) is 55.9 Å². The van der Waals surface area contributed by atoms with E-state index in [4.69, 9.17) is 14.5 Å². The SMILES string of the molecule is CN1CCN(c2ncc(-c3ccc4c(c3)OCO4)c(-c3cccnc3)n2)CC1. The molecule has 0 atom stereocenters. The van der Waals surface area contributed by atoms with Gasteiger partial charge in [-0.2, -0.15) is 0 Å². The fraction of sp³-hybridized carbons (Fsp3) is 0.286. The molecule has 0 aliphatic carbocycles. The molecule has 2 aromatic heterocycles. The number of pyridine rings is 1. The molecule has 7 heteroatoms. The highest BCUT2D eigenvalue weighted by atomic mass is 16.7. The summed E-state index contributed by atoms with van der Waals surface area (Å²) in [5.41, 5.74) is 3.78. The van der Waals surface area contributed by atoms with Crippen molar-refractivity contribution in [3.8, 4) is 33.9 Å². The van der Waals surface area contributed by atoms with Gasteiger partial charge < -0.3 is 19.3 Å². The van der Waals surface area contributed by atoms with Crippen LogP contribution in [0.2, 0.25) is 0 Å². The summed E-state index contributed by atoms with van der Waals surface area (Å²) in [5.74, 6) is 2.27. The molecule has 1 aromatic carbocycles. The standard InChI is InChI=1S/C21H21N5O2/c1-25-7-9-26(10-8-25)21-23-13-17(20(24-21)16-3-2-6-22-12-16)15-4-5-18-19(11-15)28-14-27-18/h2-6,11-13H,7-10,14H2,1H3. The van der Waals surface area contributed by atoms with Crippen LogP contribution in [-0.2, 0) is 0 Å². The average Bonchev–Trinajstić information content (AvgIpc) is 3.22. The fourth-order valence-corrected chi connectivity index (χ4v) is 3.53. The Labute approximate surface area is 163 Å². The Balaban J connectivity index is 1.58. The Morgan fingerprint density at radius 3 is 2.61 bits per heavy atom. The summed E-state index contributed by atoms with van der Waals surface area (Å²) < 4.78 is 11.0. The van der Waals surface area contributed by atoms with Crippen molar-refractivity contribution in [2.24, 2.45) is 0 Å². The van der Waals surface area contributed by atoms with Gasteiger partial charge in [0.15, 0.2) is 11.5 Å². The molecule has 142 valence electrons. The van der Waals surface area contributed by atoms with E-state index in [-0.39, 0.29) is 6.79 Å². The van der Waals surface area contributed by atoms with Crippen LogP contribution in [0.4, 0.5) is 5.95 Å². The molecule has 0 N–H and O–H groups in total. The molecule has 2 aliphatic rings. The first kappa shape index (κ1) is 16.9.